The fraction of sp³-hybridized carbons (Fsp3) is 0.304. The van der Waals surface area contributed by atoms with E-state index in [1.165, 1.54) is 0 Å². The predicted octanol–water partition coefficient (Wildman–Crippen LogP) is 5.04. The molecule has 1 fully saturated rings. The van der Waals surface area contributed by atoms with Crippen LogP contribution in [0.15, 0.2) is 41.0 Å². The van der Waals surface area contributed by atoms with Crippen molar-refractivity contribution in [3.05, 3.63) is 51.6 Å². The number of carbonyl (C=O) groups is 2. The van der Waals surface area contributed by atoms with E-state index in [-0.39, 0.29) is 27.1 Å². The second-order valence-corrected chi connectivity index (χ2v) is 9.85. The van der Waals surface area contributed by atoms with Crippen molar-refractivity contribution in [2.75, 3.05) is 24.6 Å². The van der Waals surface area contributed by atoms with Crippen LogP contribution in [0.25, 0.3) is 10.4 Å². The van der Waals surface area contributed by atoms with Crippen LogP contribution >= 0.6 is 27.3 Å². The number of hydrogen-bond donors (Lipinski definition) is 3. The Kier molecular flexibility index (Phi) is 7.99. The molecule has 3 aromatic rings. The molecule has 1 aliphatic rings. The van der Waals surface area contributed by atoms with Gasteiger partial charge < -0.3 is 25.2 Å². The summed E-state index contributed by atoms with van der Waals surface area (Å²) in [6, 6.07) is 7.45. The van der Waals surface area contributed by atoms with Gasteiger partial charge in [0, 0.05) is 17.9 Å². The Balaban J connectivity index is 1.80. The van der Waals surface area contributed by atoms with E-state index in [1.54, 1.807) is 29.2 Å². The maximum absolute atomic E-state index is 13.4. The molecule has 9 nitrogen and oxygen atoms in total. The monoisotopic (exact) mass is 600 g/mol. The summed E-state index contributed by atoms with van der Waals surface area (Å²) in [5.74, 6) is -2.77. The summed E-state index contributed by atoms with van der Waals surface area (Å²) >= 11 is 4.21. The summed E-state index contributed by atoms with van der Waals surface area (Å²) < 4.78 is 45.7. The van der Waals surface area contributed by atoms with Crippen LogP contribution in [-0.4, -0.2) is 57.9 Å². The fourth-order valence-corrected chi connectivity index (χ4v) is 5.85. The van der Waals surface area contributed by atoms with Crippen molar-refractivity contribution >= 4 is 50.8 Å². The molecular weight excluding hydrogens is 581 g/mol. The lowest BCUT2D eigenvalue weighted by atomic mass is 10.0. The van der Waals surface area contributed by atoms with Crippen molar-refractivity contribution in [1.82, 2.24) is 15.3 Å². The number of aromatic nitrogens is 2. The average Bonchev–Trinajstić information content (AvgIpc) is 3.20. The van der Waals surface area contributed by atoms with Crippen molar-refractivity contribution in [3.63, 3.8) is 0 Å². The molecule has 0 aliphatic carbocycles. The number of anilines is 2. The highest BCUT2D eigenvalue weighted by Crippen LogP contribution is 2.46. The number of carboxylic acids is 2. The van der Waals surface area contributed by atoms with Crippen molar-refractivity contribution < 1.29 is 37.7 Å². The molecule has 2 aromatic heterocycles. The van der Waals surface area contributed by atoms with Gasteiger partial charge in [-0.15, -0.1) is 11.3 Å². The Labute approximate surface area is 221 Å². The molecule has 0 amide bonds. The number of halogens is 4. The molecule has 1 saturated heterocycles. The number of nitrogens with one attached hydrogen (secondary N) is 1. The lowest BCUT2D eigenvalue weighted by molar-refractivity contribution is -0.141. The molecule has 1 aromatic carbocycles. The lowest BCUT2D eigenvalue weighted by Gasteiger charge is -2.35. The van der Waals surface area contributed by atoms with E-state index in [0.717, 1.165) is 23.6 Å². The topological polar surface area (TPSA) is 125 Å². The molecule has 4 rings (SSSR count). The first-order valence-electron chi connectivity index (χ1n) is 11.0. The highest BCUT2D eigenvalue weighted by atomic mass is 79.9. The first kappa shape index (κ1) is 26.8. The van der Waals surface area contributed by atoms with Gasteiger partial charge in [0.25, 0.3) is 0 Å². The Hall–Kier alpha value is -3.23. The van der Waals surface area contributed by atoms with Crippen LogP contribution in [0, 0.1) is 0 Å². The van der Waals surface area contributed by atoms with Crippen LogP contribution in [0.5, 0.6) is 5.75 Å². The standard InChI is InChI=1S/C23H20BrF3N4O5S/c24-17-18(36-11-16(32)33)20(21(34)35)37-19(17)12-2-1-3-14(10-12)31(13-4-7-28-8-5-13)22-29-9-6-15(30-22)23(25,26)27/h1-3,6,9-10,13,28H,4-5,7-8,11H2,(H,32,33)(H,34,35). The number of nitrogens with zero attached hydrogens (tertiary/aromatic N) is 3. The van der Waals surface area contributed by atoms with Crippen molar-refractivity contribution in [2.45, 2.75) is 25.1 Å². The number of thiophene rings is 1. The summed E-state index contributed by atoms with van der Waals surface area (Å²) in [6.45, 7) is 0.608. The molecule has 1 aliphatic heterocycles. The van der Waals surface area contributed by atoms with Crippen molar-refractivity contribution in [2.24, 2.45) is 0 Å². The van der Waals surface area contributed by atoms with Gasteiger partial charge in [-0.25, -0.2) is 19.6 Å². The molecule has 3 heterocycles. The van der Waals surface area contributed by atoms with Gasteiger partial charge in [-0.1, -0.05) is 12.1 Å². The van der Waals surface area contributed by atoms with E-state index in [0.29, 0.717) is 42.1 Å². The summed E-state index contributed by atoms with van der Waals surface area (Å²) in [4.78, 5) is 32.6. The highest BCUT2D eigenvalue weighted by Gasteiger charge is 2.34. The van der Waals surface area contributed by atoms with Crippen LogP contribution in [-0.2, 0) is 11.0 Å². The fourth-order valence-electron chi connectivity index (χ4n) is 3.96. The molecule has 14 heteroatoms. The minimum atomic E-state index is -4.64. The van der Waals surface area contributed by atoms with E-state index in [2.05, 4.69) is 31.2 Å². The highest BCUT2D eigenvalue weighted by molar-refractivity contribution is 9.10. The number of aromatic carboxylic acids is 1. The molecule has 0 radical (unpaired) electrons. The minimum absolute atomic E-state index is 0.0965. The number of aliphatic carboxylic acids is 1. The van der Waals surface area contributed by atoms with E-state index < -0.39 is 30.4 Å². The van der Waals surface area contributed by atoms with E-state index in [1.807, 2.05) is 0 Å². The summed E-state index contributed by atoms with van der Waals surface area (Å²) in [7, 11) is 0. The summed E-state index contributed by atoms with van der Waals surface area (Å²) in [5, 5.41) is 21.8. The number of benzene rings is 1. The van der Waals surface area contributed by atoms with Crippen LogP contribution in [0.4, 0.5) is 24.8 Å². The van der Waals surface area contributed by atoms with Crippen LogP contribution < -0.4 is 15.0 Å². The zero-order chi connectivity index (χ0) is 26.7. The lowest BCUT2D eigenvalue weighted by Crippen LogP contribution is -2.41. The smallest absolute Gasteiger partial charge is 0.433 e. The predicted molar refractivity (Wildman–Crippen MR) is 133 cm³/mol. The second kappa shape index (κ2) is 11.0. The number of hydrogen-bond acceptors (Lipinski definition) is 8. The molecule has 196 valence electrons. The van der Waals surface area contributed by atoms with Gasteiger partial charge in [-0.2, -0.15) is 13.2 Å². The zero-order valence-corrected chi connectivity index (χ0v) is 21.4. The molecule has 0 spiro atoms. The SMILES string of the molecule is O=C(O)COc1c(C(=O)O)sc(-c2cccc(N(c3nccc(C(F)(F)F)n3)C3CCNCC3)c2)c1Br. The van der Waals surface area contributed by atoms with Crippen molar-refractivity contribution in [1.29, 1.82) is 0 Å². The van der Waals surface area contributed by atoms with Crippen molar-refractivity contribution in [3.8, 4) is 16.2 Å². The number of alkyl halides is 3. The number of rotatable bonds is 8. The molecule has 0 atom stereocenters. The number of piperidine rings is 1. The maximum atomic E-state index is 13.4. The van der Waals surface area contributed by atoms with E-state index >= 15 is 0 Å². The van der Waals surface area contributed by atoms with Crippen LogP contribution in [0.2, 0.25) is 0 Å². The van der Waals surface area contributed by atoms with E-state index in [9.17, 15) is 27.9 Å². The largest absolute Gasteiger partial charge is 0.479 e. The molecule has 0 unspecified atom stereocenters. The van der Waals surface area contributed by atoms with Crippen LogP contribution in [0.3, 0.4) is 0 Å². The quantitative estimate of drug-likeness (QED) is 0.326. The third-order valence-corrected chi connectivity index (χ3v) is 7.78. The first-order chi connectivity index (χ1) is 17.6. The van der Waals surface area contributed by atoms with Gasteiger partial charge in [0.15, 0.2) is 17.2 Å². The second-order valence-electron chi connectivity index (χ2n) is 8.03. The molecular formula is C23H20BrF3N4O5S. The van der Waals surface area contributed by atoms with Gasteiger partial charge in [0.2, 0.25) is 5.95 Å². The minimum Gasteiger partial charge on any atom is -0.479 e. The van der Waals surface area contributed by atoms with Gasteiger partial charge in [0.05, 0.1) is 9.35 Å². The first-order valence-corrected chi connectivity index (χ1v) is 12.6. The maximum Gasteiger partial charge on any atom is 0.433 e. The zero-order valence-electron chi connectivity index (χ0n) is 19.0. The summed E-state index contributed by atoms with van der Waals surface area (Å²) in [6.07, 6.45) is -2.28. The van der Waals surface area contributed by atoms with Crippen LogP contribution in [0.1, 0.15) is 28.2 Å². The number of ether oxygens (including phenoxy) is 1. The van der Waals surface area contributed by atoms with Gasteiger partial charge >= 0.3 is 18.1 Å². The molecule has 3 N–H and O–H groups in total. The molecule has 0 bridgehead atoms. The Morgan fingerprint density at radius 1 is 1.22 bits per heavy atom. The van der Waals surface area contributed by atoms with Gasteiger partial charge in [0.1, 0.15) is 5.69 Å². The molecule has 0 saturated carbocycles. The Bertz CT molecular complexity index is 1310. The normalized spacial score (nSPS) is 14.4. The Morgan fingerprint density at radius 2 is 1.95 bits per heavy atom. The third-order valence-electron chi connectivity index (χ3n) is 5.55. The summed E-state index contributed by atoms with van der Waals surface area (Å²) in [5.41, 5.74) is 0.0155. The van der Waals surface area contributed by atoms with E-state index in [4.69, 9.17) is 9.84 Å². The number of carboxylic acid groups (broad SMARTS) is 2. The third kappa shape index (κ3) is 6.02. The Morgan fingerprint density at radius 3 is 2.59 bits per heavy atom. The average molecular weight is 601 g/mol. The van der Waals surface area contributed by atoms with Gasteiger partial charge in [-0.05, 0) is 65.6 Å². The van der Waals surface area contributed by atoms with Gasteiger partial charge in [-0.3, -0.25) is 0 Å². The molecule has 37 heavy (non-hydrogen) atoms.